The van der Waals surface area contributed by atoms with Crippen LogP contribution in [0.4, 0.5) is 4.39 Å². The monoisotopic (exact) mass is 239 g/mol. The van der Waals surface area contributed by atoms with E-state index in [1.807, 2.05) is 19.0 Å². The zero-order valence-corrected chi connectivity index (χ0v) is 10.4. The van der Waals surface area contributed by atoms with E-state index in [0.29, 0.717) is 12.1 Å². The SMILES string of the molecule is CC(CC=O)c1cc(CN(C)C)cc(F)c1O. The molecule has 4 heteroatoms. The summed E-state index contributed by atoms with van der Waals surface area (Å²) in [5, 5.41) is 9.65. The highest BCUT2D eigenvalue weighted by Crippen LogP contribution is 2.31. The van der Waals surface area contributed by atoms with Crippen LogP contribution in [0, 0.1) is 5.82 Å². The Labute approximate surface area is 101 Å². The Kier molecular flexibility index (Phi) is 4.63. The van der Waals surface area contributed by atoms with Crippen molar-refractivity contribution in [3.8, 4) is 5.75 Å². The standard InChI is InChI=1S/C13H18FNO2/c1-9(4-5-16)11-6-10(8-15(2)3)7-12(14)13(11)17/h5-7,9,17H,4,8H2,1-3H3. The van der Waals surface area contributed by atoms with Gasteiger partial charge in [0.1, 0.15) is 6.29 Å². The fraction of sp³-hybridized carbons (Fsp3) is 0.462. The lowest BCUT2D eigenvalue weighted by molar-refractivity contribution is -0.108. The summed E-state index contributed by atoms with van der Waals surface area (Å²) in [7, 11) is 3.78. The van der Waals surface area contributed by atoms with E-state index in [4.69, 9.17) is 0 Å². The molecule has 0 bridgehead atoms. The Bertz CT molecular complexity index is 405. The Hall–Kier alpha value is -1.42. The summed E-state index contributed by atoms with van der Waals surface area (Å²) in [6, 6.07) is 3.08. The summed E-state index contributed by atoms with van der Waals surface area (Å²) in [6.07, 6.45) is 1.05. The van der Waals surface area contributed by atoms with Crippen molar-refractivity contribution in [2.75, 3.05) is 14.1 Å². The molecule has 17 heavy (non-hydrogen) atoms. The molecular weight excluding hydrogens is 221 g/mol. The fourth-order valence-electron chi connectivity index (χ4n) is 1.78. The Morgan fingerprint density at radius 1 is 1.47 bits per heavy atom. The first-order valence-corrected chi connectivity index (χ1v) is 5.55. The van der Waals surface area contributed by atoms with Crippen LogP contribution in [-0.4, -0.2) is 30.4 Å². The second-order valence-electron chi connectivity index (χ2n) is 4.56. The minimum Gasteiger partial charge on any atom is -0.505 e. The normalized spacial score (nSPS) is 12.8. The van der Waals surface area contributed by atoms with E-state index in [0.717, 1.165) is 11.8 Å². The van der Waals surface area contributed by atoms with Gasteiger partial charge in [-0.3, -0.25) is 0 Å². The molecule has 0 aromatic heterocycles. The van der Waals surface area contributed by atoms with Gasteiger partial charge in [0.25, 0.3) is 0 Å². The largest absolute Gasteiger partial charge is 0.505 e. The van der Waals surface area contributed by atoms with Gasteiger partial charge in [-0.1, -0.05) is 13.0 Å². The number of carbonyl (C=O) groups is 1. The van der Waals surface area contributed by atoms with Crippen molar-refractivity contribution in [2.24, 2.45) is 0 Å². The van der Waals surface area contributed by atoms with Gasteiger partial charge < -0.3 is 14.8 Å². The number of halogens is 1. The molecular formula is C13H18FNO2. The minimum absolute atomic E-state index is 0.177. The molecule has 0 aliphatic carbocycles. The lowest BCUT2D eigenvalue weighted by Gasteiger charge is -2.15. The van der Waals surface area contributed by atoms with Gasteiger partial charge >= 0.3 is 0 Å². The van der Waals surface area contributed by atoms with Gasteiger partial charge in [0.15, 0.2) is 11.6 Å². The zero-order chi connectivity index (χ0) is 13.0. The van der Waals surface area contributed by atoms with Crippen LogP contribution in [0.15, 0.2) is 12.1 Å². The number of phenolic OH excluding ortho intramolecular Hbond substituents is 1. The van der Waals surface area contributed by atoms with Crippen molar-refractivity contribution >= 4 is 6.29 Å². The van der Waals surface area contributed by atoms with Crippen LogP contribution >= 0.6 is 0 Å². The maximum atomic E-state index is 13.5. The highest BCUT2D eigenvalue weighted by Gasteiger charge is 2.15. The van der Waals surface area contributed by atoms with Gasteiger partial charge in [0.05, 0.1) is 0 Å². The highest BCUT2D eigenvalue weighted by atomic mass is 19.1. The summed E-state index contributed by atoms with van der Waals surface area (Å²) >= 11 is 0. The summed E-state index contributed by atoms with van der Waals surface area (Å²) in [6.45, 7) is 2.39. The molecule has 0 heterocycles. The van der Waals surface area contributed by atoms with E-state index >= 15 is 0 Å². The third kappa shape index (κ3) is 3.53. The van der Waals surface area contributed by atoms with Gasteiger partial charge in [0, 0.05) is 18.5 Å². The molecule has 0 amide bonds. The molecule has 0 aliphatic rings. The number of hydrogen-bond donors (Lipinski definition) is 1. The van der Waals surface area contributed by atoms with Crippen LogP contribution in [0.1, 0.15) is 30.4 Å². The van der Waals surface area contributed by atoms with E-state index in [-0.39, 0.29) is 18.1 Å². The molecule has 0 radical (unpaired) electrons. The van der Waals surface area contributed by atoms with Crippen LogP contribution in [0.5, 0.6) is 5.75 Å². The molecule has 0 spiro atoms. The number of nitrogens with zero attached hydrogens (tertiary/aromatic N) is 1. The van der Waals surface area contributed by atoms with Crippen molar-refractivity contribution in [1.29, 1.82) is 0 Å². The number of aromatic hydroxyl groups is 1. The molecule has 0 fully saturated rings. The Morgan fingerprint density at radius 2 is 2.12 bits per heavy atom. The lowest BCUT2D eigenvalue weighted by atomic mass is 9.95. The zero-order valence-electron chi connectivity index (χ0n) is 10.4. The number of rotatable bonds is 5. The fourth-order valence-corrected chi connectivity index (χ4v) is 1.78. The van der Waals surface area contributed by atoms with Crippen molar-refractivity contribution in [3.05, 3.63) is 29.1 Å². The average Bonchev–Trinajstić information content (AvgIpc) is 2.22. The van der Waals surface area contributed by atoms with Gasteiger partial charge in [-0.25, -0.2) is 4.39 Å². The van der Waals surface area contributed by atoms with E-state index < -0.39 is 5.82 Å². The van der Waals surface area contributed by atoms with Crippen molar-refractivity contribution in [2.45, 2.75) is 25.8 Å². The van der Waals surface area contributed by atoms with Crippen LogP contribution in [0.3, 0.4) is 0 Å². The summed E-state index contributed by atoms with van der Waals surface area (Å²) in [5.41, 5.74) is 1.28. The maximum absolute atomic E-state index is 13.5. The molecule has 3 nitrogen and oxygen atoms in total. The number of aldehydes is 1. The van der Waals surface area contributed by atoms with E-state index in [9.17, 15) is 14.3 Å². The molecule has 0 saturated carbocycles. The second kappa shape index (κ2) is 5.77. The smallest absolute Gasteiger partial charge is 0.165 e. The molecule has 0 saturated heterocycles. The molecule has 1 aromatic carbocycles. The van der Waals surface area contributed by atoms with Crippen LogP contribution in [0.2, 0.25) is 0 Å². The number of phenols is 1. The third-order valence-electron chi connectivity index (χ3n) is 2.63. The van der Waals surface area contributed by atoms with Gasteiger partial charge in [-0.15, -0.1) is 0 Å². The molecule has 94 valence electrons. The van der Waals surface area contributed by atoms with E-state index in [2.05, 4.69) is 0 Å². The van der Waals surface area contributed by atoms with Crippen molar-refractivity contribution < 1.29 is 14.3 Å². The number of hydrogen-bond acceptors (Lipinski definition) is 3. The van der Waals surface area contributed by atoms with Gasteiger partial charge in [-0.2, -0.15) is 0 Å². The second-order valence-corrected chi connectivity index (χ2v) is 4.56. The van der Waals surface area contributed by atoms with Crippen molar-refractivity contribution in [1.82, 2.24) is 4.90 Å². The molecule has 1 atom stereocenters. The first-order valence-electron chi connectivity index (χ1n) is 5.55. The predicted octanol–water partition coefficient (Wildman–Crippen LogP) is 2.29. The third-order valence-corrected chi connectivity index (χ3v) is 2.63. The number of benzene rings is 1. The average molecular weight is 239 g/mol. The molecule has 1 N–H and O–H groups in total. The quantitative estimate of drug-likeness (QED) is 0.801. The summed E-state index contributed by atoms with van der Waals surface area (Å²) in [4.78, 5) is 12.4. The molecule has 1 rings (SSSR count). The minimum atomic E-state index is -0.628. The van der Waals surface area contributed by atoms with E-state index in [1.165, 1.54) is 6.07 Å². The van der Waals surface area contributed by atoms with Gasteiger partial charge in [-0.05, 0) is 31.6 Å². The maximum Gasteiger partial charge on any atom is 0.165 e. The molecule has 1 unspecified atom stereocenters. The van der Waals surface area contributed by atoms with Crippen LogP contribution in [0.25, 0.3) is 0 Å². The van der Waals surface area contributed by atoms with Crippen LogP contribution < -0.4 is 0 Å². The lowest BCUT2D eigenvalue weighted by Crippen LogP contribution is -2.11. The topological polar surface area (TPSA) is 40.5 Å². The Balaban J connectivity index is 3.10. The molecule has 0 aliphatic heterocycles. The summed E-state index contributed by atoms with van der Waals surface area (Å²) < 4.78 is 13.5. The first kappa shape index (κ1) is 13.6. The summed E-state index contributed by atoms with van der Waals surface area (Å²) in [5.74, 6) is -1.15. The van der Waals surface area contributed by atoms with Gasteiger partial charge in [0.2, 0.25) is 0 Å². The van der Waals surface area contributed by atoms with E-state index in [1.54, 1.807) is 13.0 Å². The first-order chi connectivity index (χ1) is 7.95. The number of carbonyl (C=O) groups excluding carboxylic acids is 1. The Morgan fingerprint density at radius 3 is 2.65 bits per heavy atom. The van der Waals surface area contributed by atoms with Crippen molar-refractivity contribution in [3.63, 3.8) is 0 Å². The highest BCUT2D eigenvalue weighted by molar-refractivity contribution is 5.53. The molecule has 1 aromatic rings. The van der Waals surface area contributed by atoms with Crippen LogP contribution in [-0.2, 0) is 11.3 Å². The predicted molar refractivity (Wildman–Crippen MR) is 64.6 cm³/mol.